The van der Waals surface area contributed by atoms with Crippen LogP contribution in [-0.4, -0.2) is 40.1 Å². The van der Waals surface area contributed by atoms with Crippen LogP contribution < -0.4 is 5.32 Å². The summed E-state index contributed by atoms with van der Waals surface area (Å²) >= 11 is 1.39. The summed E-state index contributed by atoms with van der Waals surface area (Å²) in [5.41, 5.74) is 3.17. The molecular formula is C24H30N4O2S. The average Bonchev–Trinajstić information content (AvgIpc) is 3.15. The van der Waals surface area contributed by atoms with Crippen LogP contribution in [0.4, 0.5) is 5.69 Å². The molecule has 0 unspecified atom stereocenters. The summed E-state index contributed by atoms with van der Waals surface area (Å²) in [4.78, 5) is 12.4. The van der Waals surface area contributed by atoms with Crippen molar-refractivity contribution >= 4 is 23.4 Å². The molecule has 0 fully saturated rings. The number of thioether (sulfide) groups is 1. The number of hydrogen-bond acceptors (Lipinski definition) is 5. The van der Waals surface area contributed by atoms with Crippen molar-refractivity contribution in [2.45, 2.75) is 44.3 Å². The highest BCUT2D eigenvalue weighted by Crippen LogP contribution is 2.28. The molecule has 31 heavy (non-hydrogen) atoms. The number of para-hydroxylation sites is 1. The fourth-order valence-electron chi connectivity index (χ4n) is 3.15. The van der Waals surface area contributed by atoms with E-state index in [1.54, 1.807) is 7.11 Å². The van der Waals surface area contributed by atoms with E-state index in [1.807, 2.05) is 30.3 Å². The van der Waals surface area contributed by atoms with E-state index in [0.717, 1.165) is 35.2 Å². The van der Waals surface area contributed by atoms with Gasteiger partial charge < -0.3 is 14.6 Å². The van der Waals surface area contributed by atoms with Crippen LogP contribution in [0.25, 0.3) is 11.4 Å². The van der Waals surface area contributed by atoms with Gasteiger partial charge in [0.1, 0.15) is 0 Å². The topological polar surface area (TPSA) is 69.0 Å². The predicted molar refractivity (Wildman–Crippen MR) is 126 cm³/mol. The van der Waals surface area contributed by atoms with E-state index in [9.17, 15) is 4.79 Å². The molecule has 6 nitrogen and oxygen atoms in total. The van der Waals surface area contributed by atoms with Crippen LogP contribution in [0.2, 0.25) is 0 Å². The van der Waals surface area contributed by atoms with Gasteiger partial charge in [0, 0.05) is 31.5 Å². The van der Waals surface area contributed by atoms with Gasteiger partial charge in [-0.15, -0.1) is 10.2 Å². The van der Waals surface area contributed by atoms with E-state index in [4.69, 9.17) is 4.74 Å². The van der Waals surface area contributed by atoms with Gasteiger partial charge in [-0.1, -0.05) is 75.0 Å². The number of nitrogens with one attached hydrogen (secondary N) is 1. The Labute approximate surface area is 188 Å². The summed E-state index contributed by atoms with van der Waals surface area (Å²) < 4.78 is 7.29. The van der Waals surface area contributed by atoms with Gasteiger partial charge in [-0.2, -0.15) is 0 Å². The Morgan fingerprint density at radius 1 is 1.06 bits per heavy atom. The molecule has 1 N–H and O–H groups in total. The zero-order chi connectivity index (χ0) is 22.3. The van der Waals surface area contributed by atoms with Crippen molar-refractivity contribution < 1.29 is 9.53 Å². The molecule has 3 rings (SSSR count). The van der Waals surface area contributed by atoms with Gasteiger partial charge in [0.2, 0.25) is 5.91 Å². The van der Waals surface area contributed by atoms with Crippen LogP contribution in [0.15, 0.2) is 59.8 Å². The Morgan fingerprint density at radius 3 is 2.42 bits per heavy atom. The van der Waals surface area contributed by atoms with E-state index < -0.39 is 0 Å². The Kier molecular flexibility index (Phi) is 7.87. The predicted octanol–water partition coefficient (Wildman–Crippen LogP) is 5.01. The van der Waals surface area contributed by atoms with Crippen LogP contribution in [0.1, 0.15) is 32.8 Å². The highest BCUT2D eigenvalue weighted by molar-refractivity contribution is 7.99. The minimum absolute atomic E-state index is 0.0706. The minimum Gasteiger partial charge on any atom is -0.385 e. The third kappa shape index (κ3) is 6.42. The summed E-state index contributed by atoms with van der Waals surface area (Å²) in [5.74, 6) is 1.00. The lowest BCUT2D eigenvalue weighted by Crippen LogP contribution is -2.14. The monoisotopic (exact) mass is 438 g/mol. The fraction of sp³-hybridized carbons (Fsp3) is 0.375. The molecule has 2 aromatic carbocycles. The lowest BCUT2D eigenvalue weighted by atomic mass is 9.87. The van der Waals surface area contributed by atoms with Gasteiger partial charge in [0.15, 0.2) is 11.0 Å². The molecule has 164 valence electrons. The average molecular weight is 439 g/mol. The molecule has 0 aliphatic rings. The SMILES string of the molecule is COCCCn1c(SCC(=O)Nc2ccccc2)nnc1-c1ccc(C(C)(C)C)cc1. The second-order valence-electron chi connectivity index (χ2n) is 8.33. The molecule has 1 amide bonds. The maximum absolute atomic E-state index is 12.4. The first-order chi connectivity index (χ1) is 14.9. The lowest BCUT2D eigenvalue weighted by Gasteiger charge is -2.19. The molecule has 0 saturated heterocycles. The molecule has 0 radical (unpaired) electrons. The van der Waals surface area contributed by atoms with Crippen molar-refractivity contribution in [3.8, 4) is 11.4 Å². The zero-order valence-corrected chi connectivity index (χ0v) is 19.4. The second-order valence-corrected chi connectivity index (χ2v) is 9.28. The smallest absolute Gasteiger partial charge is 0.234 e. The molecule has 3 aromatic rings. The maximum atomic E-state index is 12.4. The van der Waals surface area contributed by atoms with Crippen LogP contribution in [-0.2, 0) is 21.5 Å². The van der Waals surface area contributed by atoms with Crippen molar-refractivity contribution in [3.63, 3.8) is 0 Å². The number of carbonyl (C=O) groups is 1. The van der Waals surface area contributed by atoms with Crippen molar-refractivity contribution in [1.29, 1.82) is 0 Å². The number of benzene rings is 2. The van der Waals surface area contributed by atoms with E-state index >= 15 is 0 Å². The summed E-state index contributed by atoms with van der Waals surface area (Å²) in [6.45, 7) is 7.97. The highest BCUT2D eigenvalue weighted by Gasteiger charge is 2.18. The Balaban J connectivity index is 1.75. The molecule has 0 aliphatic heterocycles. The van der Waals surface area contributed by atoms with Gasteiger partial charge in [0.25, 0.3) is 0 Å². The molecule has 0 spiro atoms. The molecule has 0 atom stereocenters. The zero-order valence-electron chi connectivity index (χ0n) is 18.6. The molecule has 0 aliphatic carbocycles. The van der Waals surface area contributed by atoms with Gasteiger partial charge in [-0.25, -0.2) is 0 Å². The number of nitrogens with zero attached hydrogens (tertiary/aromatic N) is 3. The van der Waals surface area contributed by atoms with E-state index in [0.29, 0.717) is 6.61 Å². The molecular weight excluding hydrogens is 408 g/mol. The van der Waals surface area contributed by atoms with E-state index in [-0.39, 0.29) is 17.1 Å². The maximum Gasteiger partial charge on any atom is 0.234 e. The number of methoxy groups -OCH3 is 1. The van der Waals surface area contributed by atoms with E-state index in [2.05, 4.69) is 65.1 Å². The summed E-state index contributed by atoms with van der Waals surface area (Å²) in [6.07, 6.45) is 0.839. The number of anilines is 1. The number of ether oxygens (including phenoxy) is 1. The summed E-state index contributed by atoms with van der Waals surface area (Å²) in [5, 5.41) is 12.5. The van der Waals surface area contributed by atoms with Gasteiger partial charge in [-0.3, -0.25) is 4.79 Å². The molecule has 0 bridgehead atoms. The Bertz CT molecular complexity index is 979. The lowest BCUT2D eigenvalue weighted by molar-refractivity contribution is -0.113. The molecule has 1 heterocycles. The van der Waals surface area contributed by atoms with Crippen molar-refractivity contribution in [3.05, 3.63) is 60.2 Å². The number of aromatic nitrogens is 3. The van der Waals surface area contributed by atoms with Crippen molar-refractivity contribution in [2.75, 3.05) is 24.8 Å². The van der Waals surface area contributed by atoms with Gasteiger partial charge >= 0.3 is 0 Å². The van der Waals surface area contributed by atoms with Crippen LogP contribution in [0.3, 0.4) is 0 Å². The highest BCUT2D eigenvalue weighted by atomic mass is 32.2. The fourth-order valence-corrected chi connectivity index (χ4v) is 3.91. The number of carbonyl (C=O) groups excluding carboxylic acids is 1. The van der Waals surface area contributed by atoms with Gasteiger partial charge in [0.05, 0.1) is 5.75 Å². The standard InChI is InChI=1S/C24H30N4O2S/c1-24(2,3)19-13-11-18(12-14-19)22-26-27-23(28(22)15-8-16-30-4)31-17-21(29)25-20-9-6-5-7-10-20/h5-7,9-14H,8,15-17H2,1-4H3,(H,25,29). The second kappa shape index (κ2) is 10.6. The Hall–Kier alpha value is -2.64. The minimum atomic E-state index is -0.0706. The number of hydrogen-bond donors (Lipinski definition) is 1. The summed E-state index contributed by atoms with van der Waals surface area (Å²) in [6, 6.07) is 17.9. The third-order valence-electron chi connectivity index (χ3n) is 4.85. The third-order valence-corrected chi connectivity index (χ3v) is 5.81. The first kappa shape index (κ1) is 23.0. The van der Waals surface area contributed by atoms with Crippen LogP contribution >= 0.6 is 11.8 Å². The quantitative estimate of drug-likeness (QED) is 0.376. The van der Waals surface area contributed by atoms with Crippen LogP contribution in [0.5, 0.6) is 0 Å². The normalized spacial score (nSPS) is 11.5. The largest absolute Gasteiger partial charge is 0.385 e. The first-order valence-electron chi connectivity index (χ1n) is 10.4. The van der Waals surface area contributed by atoms with Gasteiger partial charge in [-0.05, 0) is 29.5 Å². The van der Waals surface area contributed by atoms with Crippen molar-refractivity contribution in [1.82, 2.24) is 14.8 Å². The first-order valence-corrected chi connectivity index (χ1v) is 11.4. The number of amides is 1. The van der Waals surface area contributed by atoms with Crippen LogP contribution in [0, 0.1) is 0 Å². The molecule has 7 heteroatoms. The Morgan fingerprint density at radius 2 is 1.77 bits per heavy atom. The molecule has 1 aromatic heterocycles. The van der Waals surface area contributed by atoms with Crippen molar-refractivity contribution in [2.24, 2.45) is 0 Å². The number of rotatable bonds is 9. The summed E-state index contributed by atoms with van der Waals surface area (Å²) in [7, 11) is 1.70. The molecule has 0 saturated carbocycles. The van der Waals surface area contributed by atoms with E-state index in [1.165, 1.54) is 17.3 Å².